The molecule has 648 valence electrons. The van der Waals surface area contributed by atoms with Gasteiger partial charge in [-0.05, 0) is 333 Å². The minimum atomic E-state index is -0.139. The van der Waals surface area contributed by atoms with Crippen molar-refractivity contribution in [3.05, 3.63) is 378 Å². The Morgan fingerprint density at radius 2 is 0.333 bits per heavy atom. The Balaban J connectivity index is 0.802. The molecule has 0 amide bonds. The minimum Gasteiger partial charge on any atom is -0.311 e. The fourth-order valence-electron chi connectivity index (χ4n) is 22.0. The molecule has 9 heteroatoms. The fourth-order valence-corrected chi connectivity index (χ4v) is 22.0. The summed E-state index contributed by atoms with van der Waals surface area (Å²) in [6.45, 7) is 48.3. The Bertz CT molecular complexity index is 6660. The summed E-state index contributed by atoms with van der Waals surface area (Å²) < 4.78 is 0. The second kappa shape index (κ2) is 30.3. The van der Waals surface area contributed by atoms with E-state index in [2.05, 4.69) is 502 Å². The summed E-state index contributed by atoms with van der Waals surface area (Å²) in [5, 5.41) is 0. The first-order valence-corrected chi connectivity index (χ1v) is 47.7. The molecule has 0 aromatic heterocycles. The fraction of sp³-hybridized carbons (Fsp3) is 0.220. The normalized spacial score (nSPS) is 14.1. The van der Waals surface area contributed by atoms with Crippen LogP contribution in [0.1, 0.15) is 175 Å². The summed E-state index contributed by atoms with van der Waals surface area (Å²) in [5.41, 5.74) is 50.7. The van der Waals surface area contributed by atoms with Crippen LogP contribution in [0.5, 0.6) is 0 Å². The minimum absolute atomic E-state index is 0.0124. The lowest BCUT2D eigenvalue weighted by Crippen LogP contribution is -2.61. The standard InChI is InChI=1S/C123H117B3N6/c1-76-31-49-91(50-32-76)127-103-61-37-79(70-97(103)124-100-73-88(121(13,14)15)46-64-106(100)130(112-28-22-25-109(127)115(112)124)94-55-40-85(41-56-94)118(4,5)6)82-67-83(80-38-62-104-98(71-80)125-101-74-89(122(16,17)18)47-65-107(101)131(95-57-42-86(43-58-95)119(7,8)9)113-29-23-26-110(116(113)125)128(104)92-51-33-77(2)34-52-92)69-84(68-82)81-39-63-105-99(72-81)126-102-75-90(123(19,20)21)48-66-108(102)132(96-59-44-87(45-60-96)120(10,11)12)114-30-24-27-111(117(114)126)129(105)93-53-35-78(3)36-54-93/h22-75H,1-21H3. The molecule has 6 heterocycles. The lowest BCUT2D eigenvalue weighted by molar-refractivity contribution is 0.590. The van der Waals surface area contributed by atoms with Gasteiger partial charge in [-0.15, -0.1) is 0 Å². The summed E-state index contributed by atoms with van der Waals surface area (Å²) in [4.78, 5) is 15.4. The number of rotatable bonds is 9. The number of anilines is 18. The zero-order chi connectivity index (χ0) is 91.6. The van der Waals surface area contributed by atoms with Gasteiger partial charge in [0, 0.05) is 102 Å². The molecule has 0 unspecified atom stereocenters. The lowest BCUT2D eigenvalue weighted by atomic mass is 9.33. The molecule has 16 aromatic rings. The molecule has 0 fully saturated rings. The van der Waals surface area contributed by atoms with Crippen molar-refractivity contribution >= 4 is 172 Å². The van der Waals surface area contributed by atoms with E-state index in [9.17, 15) is 0 Å². The highest BCUT2D eigenvalue weighted by molar-refractivity contribution is 7.02. The van der Waals surface area contributed by atoms with Gasteiger partial charge in [-0.3, -0.25) is 0 Å². The van der Waals surface area contributed by atoms with Gasteiger partial charge < -0.3 is 29.4 Å². The molecule has 16 aromatic carbocycles. The van der Waals surface area contributed by atoms with E-state index in [1.165, 1.54) is 167 Å². The summed E-state index contributed by atoms with van der Waals surface area (Å²) in [6, 6.07) is 129. The Morgan fingerprint density at radius 1 is 0.159 bits per heavy atom. The molecule has 132 heavy (non-hydrogen) atoms. The third-order valence-corrected chi connectivity index (χ3v) is 29.4. The maximum atomic E-state index is 2.60. The van der Waals surface area contributed by atoms with Gasteiger partial charge in [0.1, 0.15) is 0 Å². The van der Waals surface area contributed by atoms with Crippen molar-refractivity contribution in [2.24, 2.45) is 0 Å². The number of fused-ring (bicyclic) bond motifs is 12. The van der Waals surface area contributed by atoms with Crippen LogP contribution in [0, 0.1) is 20.8 Å². The second-order valence-electron chi connectivity index (χ2n) is 44.5. The monoisotopic (exact) mass is 1710 g/mol. The van der Waals surface area contributed by atoms with Crippen LogP contribution in [0.3, 0.4) is 0 Å². The molecule has 0 aliphatic carbocycles. The molecule has 0 radical (unpaired) electrons. The average molecular weight is 1710 g/mol. The molecular formula is C123H117B3N6. The molecule has 0 bridgehead atoms. The van der Waals surface area contributed by atoms with Crippen LogP contribution in [-0.4, -0.2) is 20.1 Å². The van der Waals surface area contributed by atoms with Crippen molar-refractivity contribution in [3.8, 4) is 33.4 Å². The summed E-state index contributed by atoms with van der Waals surface area (Å²) in [6.07, 6.45) is 0. The van der Waals surface area contributed by atoms with Gasteiger partial charge in [-0.1, -0.05) is 305 Å². The third-order valence-electron chi connectivity index (χ3n) is 29.4. The van der Waals surface area contributed by atoms with Gasteiger partial charge in [0.15, 0.2) is 0 Å². The molecular weight excluding hydrogens is 1590 g/mol. The van der Waals surface area contributed by atoms with E-state index in [4.69, 9.17) is 0 Å². The van der Waals surface area contributed by atoms with Crippen molar-refractivity contribution in [2.75, 3.05) is 29.4 Å². The van der Waals surface area contributed by atoms with Crippen LogP contribution in [0.15, 0.2) is 328 Å². The summed E-state index contributed by atoms with van der Waals surface area (Å²) >= 11 is 0. The first-order chi connectivity index (χ1) is 63.0. The highest BCUT2D eigenvalue weighted by Gasteiger charge is 2.49. The number of nitrogens with zero attached hydrogens (tertiary/aromatic N) is 6. The van der Waals surface area contributed by atoms with Crippen molar-refractivity contribution in [3.63, 3.8) is 0 Å². The van der Waals surface area contributed by atoms with Gasteiger partial charge in [0.2, 0.25) is 0 Å². The number of hydrogen-bond donors (Lipinski definition) is 0. The molecule has 22 rings (SSSR count). The Hall–Kier alpha value is -13.5. The molecule has 0 atom stereocenters. The smallest absolute Gasteiger partial charge is 0.252 e. The molecule has 0 saturated carbocycles. The molecule has 0 N–H and O–H groups in total. The predicted octanol–water partition coefficient (Wildman–Crippen LogP) is 27.6. The number of benzene rings is 16. The lowest BCUT2D eigenvalue weighted by Gasteiger charge is -2.44. The topological polar surface area (TPSA) is 19.4 Å². The van der Waals surface area contributed by atoms with Crippen molar-refractivity contribution < 1.29 is 0 Å². The second-order valence-corrected chi connectivity index (χ2v) is 44.5. The first kappa shape index (κ1) is 84.1. The average Bonchev–Trinajstić information content (AvgIpc) is 0.704. The first-order valence-electron chi connectivity index (χ1n) is 47.7. The Kier molecular flexibility index (Phi) is 19.3. The van der Waals surface area contributed by atoms with E-state index >= 15 is 0 Å². The molecule has 6 aliphatic rings. The zero-order valence-corrected chi connectivity index (χ0v) is 80.6. The maximum absolute atomic E-state index is 2.60. The zero-order valence-electron chi connectivity index (χ0n) is 80.6. The van der Waals surface area contributed by atoms with Crippen molar-refractivity contribution in [1.29, 1.82) is 0 Å². The van der Waals surface area contributed by atoms with E-state index in [0.29, 0.717) is 0 Å². The Morgan fingerprint density at radius 3 is 0.530 bits per heavy atom. The predicted molar refractivity (Wildman–Crippen MR) is 571 cm³/mol. The van der Waals surface area contributed by atoms with Gasteiger partial charge in [0.25, 0.3) is 20.1 Å². The van der Waals surface area contributed by atoms with Crippen molar-refractivity contribution in [1.82, 2.24) is 0 Å². The third kappa shape index (κ3) is 13.9. The Labute approximate surface area is 784 Å². The van der Waals surface area contributed by atoms with Gasteiger partial charge in [0.05, 0.1) is 0 Å². The quantitative estimate of drug-likeness (QED) is 0.133. The van der Waals surface area contributed by atoms with Crippen LogP contribution in [0.25, 0.3) is 33.4 Å². The number of hydrogen-bond acceptors (Lipinski definition) is 6. The van der Waals surface area contributed by atoms with Crippen LogP contribution in [0.4, 0.5) is 102 Å². The van der Waals surface area contributed by atoms with Crippen LogP contribution in [0.2, 0.25) is 0 Å². The van der Waals surface area contributed by atoms with E-state index in [1.54, 1.807) is 0 Å². The van der Waals surface area contributed by atoms with Gasteiger partial charge in [-0.2, -0.15) is 0 Å². The molecule has 0 saturated heterocycles. The SMILES string of the molecule is Cc1ccc(N2c3ccc(-c4cc(-c5ccc6c(c5)B5c7cc(C(C)(C)C)ccc7N(c7ccc(C(C)(C)C)cc7)c7cccc(c75)N6c5ccc(C)cc5)cc(-c5ccc6c(c5)B5c7cc(C(C)(C)C)ccc7N(c7ccc(C(C)(C)C)cc7)c7cccc(c75)N6c5ccc(C)cc5)c4)cc3B3c4cc(C(C)(C)C)ccc4N(c4ccc(C(C)(C)C)cc4)c4cccc2c43)cc1. The number of aryl methyl sites for hydroxylation is 3. The van der Waals surface area contributed by atoms with Crippen molar-refractivity contribution in [2.45, 2.75) is 178 Å². The molecule has 6 nitrogen and oxygen atoms in total. The highest BCUT2D eigenvalue weighted by Crippen LogP contribution is 2.52. The van der Waals surface area contributed by atoms with E-state index in [0.717, 1.165) is 67.5 Å². The molecule has 0 spiro atoms. The molecule has 6 aliphatic heterocycles. The van der Waals surface area contributed by atoms with Crippen LogP contribution in [-0.2, 0) is 32.5 Å². The summed E-state index contributed by atoms with van der Waals surface area (Å²) in [5.74, 6) is 0. The van der Waals surface area contributed by atoms with Crippen LogP contribution < -0.4 is 78.6 Å². The van der Waals surface area contributed by atoms with Crippen LogP contribution >= 0.6 is 0 Å². The van der Waals surface area contributed by atoms with E-state index in [1.807, 2.05) is 0 Å². The van der Waals surface area contributed by atoms with E-state index in [-0.39, 0.29) is 52.6 Å². The highest BCUT2D eigenvalue weighted by atomic mass is 15.2. The maximum Gasteiger partial charge on any atom is 0.252 e. The van der Waals surface area contributed by atoms with Gasteiger partial charge >= 0.3 is 0 Å². The van der Waals surface area contributed by atoms with E-state index < -0.39 is 0 Å². The summed E-state index contributed by atoms with van der Waals surface area (Å²) in [7, 11) is 0. The van der Waals surface area contributed by atoms with Gasteiger partial charge in [-0.25, -0.2) is 0 Å². The largest absolute Gasteiger partial charge is 0.311 e.